The molecular formula is C5H4AcBrN2-. The maximum Gasteiger partial charge on any atom is 0.104 e. The van der Waals surface area contributed by atoms with Gasteiger partial charge in [0.25, 0.3) is 0 Å². The molecule has 9 heavy (non-hydrogen) atoms. The topological polar surface area (TPSA) is 36.7 Å². The standard InChI is InChI=1S/C5H4BrN2.Ac/c6-5-3-4(7)1-2-8-5;/h1-3H,(H-,7,8);/q-1;. The molecule has 0 aromatic carbocycles. The van der Waals surface area contributed by atoms with E-state index in [4.69, 9.17) is 5.73 Å². The second-order valence-corrected chi connectivity index (χ2v) is 2.18. The van der Waals surface area contributed by atoms with E-state index in [1.807, 2.05) is 0 Å². The van der Waals surface area contributed by atoms with Crippen molar-refractivity contribution in [2.75, 3.05) is 0 Å². The molecule has 0 saturated carbocycles. The first kappa shape index (κ1) is 9.87. The summed E-state index contributed by atoms with van der Waals surface area (Å²) in [4.78, 5) is 3.84. The average molecular weight is 399 g/mol. The molecule has 1 radical (unpaired) electrons. The van der Waals surface area contributed by atoms with Crippen LogP contribution < -0.4 is 0 Å². The Morgan fingerprint density at radius 1 is 1.56 bits per heavy atom. The van der Waals surface area contributed by atoms with Gasteiger partial charge in [-0.15, -0.1) is 5.69 Å². The normalized spacial score (nSPS) is 8.11. The van der Waals surface area contributed by atoms with Crippen molar-refractivity contribution in [2.45, 2.75) is 0 Å². The number of pyridine rings is 1. The Kier molecular flexibility index (Phi) is 5.10. The third kappa shape index (κ3) is 3.54. The molecule has 45 valence electrons. The van der Waals surface area contributed by atoms with Crippen molar-refractivity contribution < 1.29 is 44.1 Å². The number of hydrogen-bond acceptors (Lipinski definition) is 1. The van der Waals surface area contributed by atoms with Crippen LogP contribution in [0.15, 0.2) is 22.9 Å². The van der Waals surface area contributed by atoms with Crippen molar-refractivity contribution in [3.05, 3.63) is 28.7 Å². The third-order valence-electron chi connectivity index (χ3n) is 0.727. The molecule has 0 saturated heterocycles. The average Bonchev–Trinajstić information content (AvgIpc) is 1.64. The van der Waals surface area contributed by atoms with Gasteiger partial charge in [0.15, 0.2) is 0 Å². The Bertz CT molecular complexity index is 175. The molecule has 0 amide bonds. The summed E-state index contributed by atoms with van der Waals surface area (Å²) in [5.41, 5.74) is 7.54. The molecule has 4 heteroatoms. The van der Waals surface area contributed by atoms with Crippen LogP contribution in [-0.4, -0.2) is 4.98 Å². The van der Waals surface area contributed by atoms with Crippen LogP contribution in [0.1, 0.15) is 0 Å². The molecule has 0 aliphatic rings. The van der Waals surface area contributed by atoms with Crippen molar-refractivity contribution in [3.8, 4) is 0 Å². The summed E-state index contributed by atoms with van der Waals surface area (Å²) >= 11 is 3.13. The van der Waals surface area contributed by atoms with Crippen molar-refractivity contribution in [1.29, 1.82) is 0 Å². The smallest absolute Gasteiger partial charge is 0.104 e. The molecule has 0 atom stereocenters. The number of aromatic nitrogens is 1. The number of rotatable bonds is 0. The van der Waals surface area contributed by atoms with Crippen LogP contribution in [0.25, 0.3) is 5.73 Å². The zero-order valence-electron chi connectivity index (χ0n) is 4.63. The quantitative estimate of drug-likeness (QED) is 0.618. The number of nitrogens with zero attached hydrogens (tertiary/aromatic N) is 1. The molecule has 0 spiro atoms. The fourth-order valence-corrected chi connectivity index (χ4v) is 0.767. The monoisotopic (exact) mass is 398 g/mol. The minimum Gasteiger partial charge on any atom is -0.699 e. The molecule has 0 unspecified atom stereocenters. The fourth-order valence-electron chi connectivity index (χ4n) is 0.402. The van der Waals surface area contributed by atoms with Gasteiger partial charge in [0, 0.05) is 50.3 Å². The first-order valence-corrected chi connectivity index (χ1v) is 2.91. The second kappa shape index (κ2) is 4.65. The molecule has 1 heterocycles. The molecular weight excluding hydrogens is 395 g/mol. The second-order valence-electron chi connectivity index (χ2n) is 1.37. The predicted octanol–water partition coefficient (Wildman–Crippen LogP) is 2.53. The summed E-state index contributed by atoms with van der Waals surface area (Å²) in [6, 6.07) is 3.27. The summed E-state index contributed by atoms with van der Waals surface area (Å²) in [6.07, 6.45) is 1.59. The van der Waals surface area contributed by atoms with Gasteiger partial charge in [0.05, 0.1) is 0 Å². The zero-order valence-corrected chi connectivity index (χ0v) is 11.0. The van der Waals surface area contributed by atoms with E-state index in [1.54, 1.807) is 18.3 Å². The van der Waals surface area contributed by atoms with Crippen LogP contribution in [0.5, 0.6) is 0 Å². The van der Waals surface area contributed by atoms with Gasteiger partial charge in [-0.2, -0.15) is 0 Å². The molecule has 0 fully saturated rings. The summed E-state index contributed by atoms with van der Waals surface area (Å²) in [7, 11) is 0. The summed E-state index contributed by atoms with van der Waals surface area (Å²) < 4.78 is 0.713. The Labute approximate surface area is 97.9 Å². The van der Waals surface area contributed by atoms with Crippen LogP contribution >= 0.6 is 15.9 Å². The fraction of sp³-hybridized carbons (Fsp3) is 0. The molecule has 1 aromatic rings. The van der Waals surface area contributed by atoms with Gasteiger partial charge in [-0.05, 0) is 22.0 Å². The maximum absolute atomic E-state index is 7.07. The van der Waals surface area contributed by atoms with Crippen LogP contribution in [0.3, 0.4) is 0 Å². The van der Waals surface area contributed by atoms with Gasteiger partial charge in [0.2, 0.25) is 0 Å². The molecule has 0 aliphatic carbocycles. The van der Waals surface area contributed by atoms with Gasteiger partial charge < -0.3 is 5.73 Å². The van der Waals surface area contributed by atoms with Gasteiger partial charge in [-0.3, -0.25) is 0 Å². The van der Waals surface area contributed by atoms with Gasteiger partial charge >= 0.3 is 0 Å². The SMILES string of the molecule is [Ac].[NH-]c1ccnc(Br)c1. The van der Waals surface area contributed by atoms with Crippen LogP contribution in [0.4, 0.5) is 5.69 Å². The third-order valence-corrected chi connectivity index (χ3v) is 1.16. The number of nitrogens with one attached hydrogen (secondary N) is 1. The minimum absolute atomic E-state index is 0. The molecule has 2 nitrogen and oxygen atoms in total. The van der Waals surface area contributed by atoms with Gasteiger partial charge in [-0.25, -0.2) is 4.98 Å². The molecule has 1 aromatic heterocycles. The van der Waals surface area contributed by atoms with E-state index in [0.717, 1.165) is 0 Å². The van der Waals surface area contributed by atoms with Gasteiger partial charge in [0.1, 0.15) is 4.60 Å². The van der Waals surface area contributed by atoms with E-state index in [0.29, 0.717) is 10.3 Å². The van der Waals surface area contributed by atoms with E-state index in [2.05, 4.69) is 20.9 Å². The van der Waals surface area contributed by atoms with Crippen molar-refractivity contribution in [3.63, 3.8) is 0 Å². The minimum atomic E-state index is 0. The first-order valence-electron chi connectivity index (χ1n) is 2.12. The molecule has 0 aliphatic heterocycles. The first-order chi connectivity index (χ1) is 3.79. The van der Waals surface area contributed by atoms with Gasteiger partial charge in [-0.1, -0.05) is 6.07 Å². The van der Waals surface area contributed by atoms with E-state index >= 15 is 0 Å². The molecule has 0 bridgehead atoms. The molecule has 1 rings (SSSR count). The Balaban J connectivity index is 0.000000640. The molecule has 1 N–H and O–H groups in total. The Morgan fingerprint density at radius 2 is 2.22 bits per heavy atom. The van der Waals surface area contributed by atoms with E-state index < -0.39 is 0 Å². The maximum atomic E-state index is 7.07. The van der Waals surface area contributed by atoms with Crippen molar-refractivity contribution >= 4 is 21.6 Å². The van der Waals surface area contributed by atoms with Crippen LogP contribution in [0.2, 0.25) is 0 Å². The van der Waals surface area contributed by atoms with Crippen LogP contribution in [0, 0.1) is 44.1 Å². The Morgan fingerprint density at radius 3 is 2.56 bits per heavy atom. The number of halogens is 1. The summed E-state index contributed by atoms with van der Waals surface area (Å²) in [6.45, 7) is 0. The van der Waals surface area contributed by atoms with E-state index in [-0.39, 0.29) is 44.1 Å². The van der Waals surface area contributed by atoms with Crippen molar-refractivity contribution in [2.24, 2.45) is 0 Å². The zero-order chi connectivity index (χ0) is 5.98. The number of hydrogen-bond donors (Lipinski definition) is 0. The predicted molar refractivity (Wildman–Crippen MR) is 35.9 cm³/mol. The summed E-state index contributed by atoms with van der Waals surface area (Å²) in [5.74, 6) is 0. The summed E-state index contributed by atoms with van der Waals surface area (Å²) in [5, 5.41) is 0. The van der Waals surface area contributed by atoms with Crippen LogP contribution in [-0.2, 0) is 0 Å². The largest absolute Gasteiger partial charge is 0.699 e. The van der Waals surface area contributed by atoms with E-state index in [9.17, 15) is 0 Å². The van der Waals surface area contributed by atoms with Crippen molar-refractivity contribution in [1.82, 2.24) is 4.98 Å². The Hall–Kier alpha value is 0.872. The van der Waals surface area contributed by atoms with E-state index in [1.165, 1.54) is 0 Å².